The van der Waals surface area contributed by atoms with Crippen LogP contribution in [0.3, 0.4) is 0 Å². The molecule has 0 spiro atoms. The lowest BCUT2D eigenvalue weighted by molar-refractivity contribution is -0.137. The van der Waals surface area contributed by atoms with Crippen LogP contribution in [0.15, 0.2) is 24.4 Å². The van der Waals surface area contributed by atoms with E-state index in [2.05, 4.69) is 4.98 Å². The van der Waals surface area contributed by atoms with E-state index in [9.17, 15) is 14.0 Å². The van der Waals surface area contributed by atoms with Crippen molar-refractivity contribution in [3.63, 3.8) is 0 Å². The molecular formula is C16H18FN3O2. The van der Waals surface area contributed by atoms with Gasteiger partial charge < -0.3 is 15.6 Å². The molecular weight excluding hydrogens is 285 g/mol. The molecule has 22 heavy (non-hydrogen) atoms. The van der Waals surface area contributed by atoms with Crippen LogP contribution >= 0.6 is 0 Å². The molecule has 1 aliphatic rings. The lowest BCUT2D eigenvalue weighted by Crippen LogP contribution is -2.43. The molecule has 1 atom stereocenters. The molecule has 0 radical (unpaired) electrons. The summed E-state index contributed by atoms with van der Waals surface area (Å²) in [4.78, 5) is 28.1. The SMILES string of the molecule is NC(=O)[C@@H]1CCCN1C(=O)CCc1c[nH]c2c(F)cccc12. The summed E-state index contributed by atoms with van der Waals surface area (Å²) >= 11 is 0. The molecule has 5 nitrogen and oxygen atoms in total. The molecule has 2 amide bonds. The summed E-state index contributed by atoms with van der Waals surface area (Å²) in [5.74, 6) is -0.824. The summed E-state index contributed by atoms with van der Waals surface area (Å²) in [5.41, 5.74) is 6.69. The molecule has 3 rings (SSSR count). The quantitative estimate of drug-likeness (QED) is 0.902. The smallest absolute Gasteiger partial charge is 0.240 e. The average Bonchev–Trinajstić information content (AvgIpc) is 3.12. The largest absolute Gasteiger partial charge is 0.368 e. The molecule has 1 aromatic carbocycles. The van der Waals surface area contributed by atoms with Gasteiger partial charge >= 0.3 is 0 Å². The van der Waals surface area contributed by atoms with Crippen LogP contribution in [0.25, 0.3) is 10.9 Å². The van der Waals surface area contributed by atoms with Gasteiger partial charge in [-0.15, -0.1) is 0 Å². The first kappa shape index (κ1) is 14.6. The zero-order valence-corrected chi connectivity index (χ0v) is 12.1. The van der Waals surface area contributed by atoms with Gasteiger partial charge in [-0.3, -0.25) is 9.59 Å². The number of carbonyl (C=O) groups excluding carboxylic acids is 2. The van der Waals surface area contributed by atoms with Crippen LogP contribution in [0.4, 0.5) is 4.39 Å². The molecule has 0 aliphatic carbocycles. The van der Waals surface area contributed by atoms with E-state index in [1.807, 2.05) is 6.07 Å². The topological polar surface area (TPSA) is 79.2 Å². The normalized spacial score (nSPS) is 18.0. The van der Waals surface area contributed by atoms with E-state index in [1.165, 1.54) is 6.07 Å². The highest BCUT2D eigenvalue weighted by Crippen LogP contribution is 2.23. The van der Waals surface area contributed by atoms with Crippen molar-refractivity contribution in [2.75, 3.05) is 6.54 Å². The summed E-state index contributed by atoms with van der Waals surface area (Å²) in [6.07, 6.45) is 3.96. The van der Waals surface area contributed by atoms with Gasteiger partial charge in [-0.1, -0.05) is 12.1 Å². The number of aromatic amines is 1. The van der Waals surface area contributed by atoms with E-state index in [4.69, 9.17) is 5.73 Å². The van der Waals surface area contributed by atoms with E-state index in [-0.39, 0.29) is 18.1 Å². The monoisotopic (exact) mass is 303 g/mol. The Labute approximate surface area is 127 Å². The molecule has 2 heterocycles. The van der Waals surface area contributed by atoms with Gasteiger partial charge in [-0.05, 0) is 30.9 Å². The number of primary amides is 1. The standard InChI is InChI=1S/C16H18FN3O2/c17-12-4-1-3-11-10(9-19-15(11)12)6-7-14(21)20-8-2-5-13(20)16(18)22/h1,3-4,9,13,19H,2,5-8H2,(H2,18,22)/t13-/m0/s1. The second-order valence-electron chi connectivity index (χ2n) is 5.62. The average molecular weight is 303 g/mol. The molecule has 1 fully saturated rings. The Kier molecular flexibility index (Phi) is 3.83. The molecule has 1 aromatic heterocycles. The highest BCUT2D eigenvalue weighted by atomic mass is 19.1. The van der Waals surface area contributed by atoms with Crippen molar-refractivity contribution in [1.82, 2.24) is 9.88 Å². The summed E-state index contributed by atoms with van der Waals surface area (Å²) in [5, 5.41) is 0.792. The van der Waals surface area contributed by atoms with Gasteiger partial charge in [0, 0.05) is 24.5 Å². The first-order valence-electron chi connectivity index (χ1n) is 7.41. The van der Waals surface area contributed by atoms with Crippen molar-refractivity contribution < 1.29 is 14.0 Å². The zero-order chi connectivity index (χ0) is 15.7. The maximum Gasteiger partial charge on any atom is 0.240 e. The maximum absolute atomic E-state index is 13.6. The first-order valence-corrected chi connectivity index (χ1v) is 7.41. The summed E-state index contributed by atoms with van der Waals surface area (Å²) in [7, 11) is 0. The fourth-order valence-corrected chi connectivity index (χ4v) is 3.13. The Morgan fingerprint density at radius 1 is 1.41 bits per heavy atom. The minimum Gasteiger partial charge on any atom is -0.368 e. The number of likely N-dealkylation sites (tertiary alicyclic amines) is 1. The lowest BCUT2D eigenvalue weighted by Gasteiger charge is -2.22. The lowest BCUT2D eigenvalue weighted by atomic mass is 10.1. The zero-order valence-electron chi connectivity index (χ0n) is 12.1. The number of benzene rings is 1. The first-order chi connectivity index (χ1) is 10.6. The van der Waals surface area contributed by atoms with E-state index in [0.29, 0.717) is 24.9 Å². The van der Waals surface area contributed by atoms with Crippen LogP contribution in [0.2, 0.25) is 0 Å². The van der Waals surface area contributed by atoms with Crippen molar-refractivity contribution >= 4 is 22.7 Å². The predicted molar refractivity (Wildman–Crippen MR) is 80.5 cm³/mol. The highest BCUT2D eigenvalue weighted by molar-refractivity contribution is 5.88. The number of nitrogens with zero attached hydrogens (tertiary/aromatic N) is 1. The van der Waals surface area contributed by atoms with Crippen LogP contribution in [-0.2, 0) is 16.0 Å². The number of hydrogen-bond acceptors (Lipinski definition) is 2. The van der Waals surface area contributed by atoms with Crippen LogP contribution in [0.1, 0.15) is 24.8 Å². The molecule has 2 aromatic rings. The Hall–Kier alpha value is -2.37. The second-order valence-corrected chi connectivity index (χ2v) is 5.62. The minimum atomic E-state index is -0.479. The van der Waals surface area contributed by atoms with Gasteiger partial charge in [-0.25, -0.2) is 4.39 Å². The number of hydrogen-bond donors (Lipinski definition) is 2. The highest BCUT2D eigenvalue weighted by Gasteiger charge is 2.32. The Bertz CT molecular complexity index is 725. The number of para-hydroxylation sites is 1. The molecule has 6 heteroatoms. The van der Waals surface area contributed by atoms with Gasteiger partial charge in [0.15, 0.2) is 0 Å². The number of amides is 2. The van der Waals surface area contributed by atoms with Gasteiger partial charge in [-0.2, -0.15) is 0 Å². The molecule has 3 N–H and O–H groups in total. The molecule has 1 saturated heterocycles. The third-order valence-corrected chi connectivity index (χ3v) is 4.26. The maximum atomic E-state index is 13.6. The van der Waals surface area contributed by atoms with Crippen molar-refractivity contribution in [2.45, 2.75) is 31.7 Å². The van der Waals surface area contributed by atoms with Crippen LogP contribution < -0.4 is 5.73 Å². The molecule has 0 bridgehead atoms. The predicted octanol–water partition coefficient (Wildman–Crippen LogP) is 1.72. The number of carbonyl (C=O) groups is 2. The molecule has 0 saturated carbocycles. The number of fused-ring (bicyclic) bond motifs is 1. The third kappa shape index (κ3) is 2.56. The van der Waals surface area contributed by atoms with Crippen LogP contribution in [0.5, 0.6) is 0 Å². The summed E-state index contributed by atoms with van der Waals surface area (Å²) in [6.45, 7) is 0.578. The van der Waals surface area contributed by atoms with Crippen molar-refractivity contribution in [2.24, 2.45) is 5.73 Å². The van der Waals surface area contributed by atoms with Crippen molar-refractivity contribution in [3.8, 4) is 0 Å². The van der Waals surface area contributed by atoms with Crippen LogP contribution in [0, 0.1) is 5.82 Å². The Morgan fingerprint density at radius 2 is 2.23 bits per heavy atom. The van der Waals surface area contributed by atoms with E-state index in [1.54, 1.807) is 17.2 Å². The summed E-state index contributed by atoms with van der Waals surface area (Å²) in [6, 6.07) is 4.40. The molecule has 1 aliphatic heterocycles. The van der Waals surface area contributed by atoms with Gasteiger partial charge in [0.1, 0.15) is 11.9 Å². The Morgan fingerprint density at radius 3 is 3.00 bits per heavy atom. The second kappa shape index (κ2) is 5.79. The van der Waals surface area contributed by atoms with Crippen molar-refractivity contribution in [3.05, 3.63) is 35.8 Å². The number of aromatic nitrogens is 1. The summed E-state index contributed by atoms with van der Waals surface area (Å²) < 4.78 is 13.6. The Balaban J connectivity index is 1.70. The minimum absolute atomic E-state index is 0.0768. The fourth-order valence-electron chi connectivity index (χ4n) is 3.13. The molecule has 116 valence electrons. The number of aryl methyl sites for hydroxylation is 1. The van der Waals surface area contributed by atoms with Crippen LogP contribution in [-0.4, -0.2) is 34.3 Å². The number of rotatable bonds is 4. The van der Waals surface area contributed by atoms with Gasteiger partial charge in [0.2, 0.25) is 11.8 Å². The number of H-pyrrole nitrogens is 1. The van der Waals surface area contributed by atoms with Crippen molar-refractivity contribution in [1.29, 1.82) is 0 Å². The number of nitrogens with two attached hydrogens (primary N) is 1. The number of nitrogens with one attached hydrogen (secondary N) is 1. The van der Waals surface area contributed by atoms with E-state index < -0.39 is 11.9 Å². The third-order valence-electron chi connectivity index (χ3n) is 4.26. The molecule has 0 unspecified atom stereocenters. The fraction of sp³-hybridized carbons (Fsp3) is 0.375. The van der Waals surface area contributed by atoms with Gasteiger partial charge in [0.05, 0.1) is 5.52 Å². The van der Waals surface area contributed by atoms with Gasteiger partial charge in [0.25, 0.3) is 0 Å². The van der Waals surface area contributed by atoms with E-state index in [0.717, 1.165) is 17.4 Å². The van der Waals surface area contributed by atoms with E-state index >= 15 is 0 Å². The number of halogens is 1.